The molecule has 1 aliphatic rings. The summed E-state index contributed by atoms with van der Waals surface area (Å²) in [6, 6.07) is 4.57. The lowest BCUT2D eigenvalue weighted by Gasteiger charge is -2.33. The van der Waals surface area contributed by atoms with E-state index in [9.17, 15) is 18.5 Å². The Hall–Kier alpha value is -1.71. The molecule has 0 spiro atoms. The molecule has 1 aromatic rings. The van der Waals surface area contributed by atoms with Crippen molar-refractivity contribution >= 4 is 21.4 Å². The Bertz CT molecular complexity index is 790. The highest BCUT2D eigenvalue weighted by Crippen LogP contribution is 2.28. The smallest absolute Gasteiger partial charge is 0.293 e. The Kier molecular flexibility index (Phi) is 7.41. The van der Waals surface area contributed by atoms with E-state index >= 15 is 0 Å². The van der Waals surface area contributed by atoms with Crippen LogP contribution in [0.15, 0.2) is 23.1 Å². The van der Waals surface area contributed by atoms with Crippen molar-refractivity contribution < 1.29 is 13.3 Å². The molecule has 2 N–H and O–H groups in total. The first-order valence-corrected chi connectivity index (χ1v) is 11.3. The van der Waals surface area contributed by atoms with E-state index in [1.54, 1.807) is 20.8 Å². The van der Waals surface area contributed by atoms with Crippen LogP contribution in [0.25, 0.3) is 0 Å². The number of nitrogens with one attached hydrogen (secondary N) is 2. The summed E-state index contributed by atoms with van der Waals surface area (Å²) in [5.74, 6) is 0. The first kappa shape index (κ1) is 22.6. The zero-order valence-corrected chi connectivity index (χ0v) is 18.0. The van der Waals surface area contributed by atoms with Crippen molar-refractivity contribution in [2.24, 2.45) is 0 Å². The van der Waals surface area contributed by atoms with Gasteiger partial charge in [0, 0.05) is 30.7 Å². The number of sulfonamides is 1. The molecule has 0 bridgehead atoms. The monoisotopic (exact) mass is 412 g/mol. The number of anilines is 1. The Balaban J connectivity index is 2.03. The van der Waals surface area contributed by atoms with Crippen LogP contribution in [0.3, 0.4) is 0 Å². The van der Waals surface area contributed by atoms with Crippen LogP contribution >= 0.6 is 0 Å². The van der Waals surface area contributed by atoms with Gasteiger partial charge in [0.05, 0.1) is 9.82 Å². The van der Waals surface area contributed by atoms with E-state index in [2.05, 4.69) is 21.9 Å². The maximum absolute atomic E-state index is 12.4. The van der Waals surface area contributed by atoms with E-state index < -0.39 is 20.5 Å². The van der Waals surface area contributed by atoms with Crippen molar-refractivity contribution in [1.82, 2.24) is 9.62 Å². The maximum Gasteiger partial charge on any atom is 0.293 e. The summed E-state index contributed by atoms with van der Waals surface area (Å²) in [5, 5.41) is 14.5. The minimum Gasteiger partial charge on any atom is -0.379 e. The second kappa shape index (κ2) is 9.19. The molecular formula is C19H32N4O4S. The van der Waals surface area contributed by atoms with Gasteiger partial charge >= 0.3 is 0 Å². The summed E-state index contributed by atoms with van der Waals surface area (Å²) in [6.07, 6.45) is 4.59. The topological polar surface area (TPSA) is 105 Å². The average Bonchev–Trinajstić information content (AvgIpc) is 2.58. The first-order chi connectivity index (χ1) is 13.0. The van der Waals surface area contributed by atoms with Gasteiger partial charge in [-0.3, -0.25) is 10.1 Å². The standard InChI is InChI=1S/C19H32N4O4S/c1-15-8-5-6-12-22(15)13-7-11-20-17-10-9-16(14-18(17)23(24)25)28(26,27)21-19(2,3)4/h9-10,14-15,20-21H,5-8,11-13H2,1-4H3. The zero-order chi connectivity index (χ0) is 20.9. The quantitative estimate of drug-likeness (QED) is 0.385. The lowest BCUT2D eigenvalue weighted by atomic mass is 10.0. The fourth-order valence-corrected chi connectivity index (χ4v) is 4.87. The Morgan fingerprint density at radius 1 is 1.29 bits per heavy atom. The van der Waals surface area contributed by atoms with Crippen LogP contribution in [0.1, 0.15) is 53.4 Å². The molecule has 1 heterocycles. The van der Waals surface area contributed by atoms with Gasteiger partial charge in [-0.05, 0) is 65.6 Å². The summed E-state index contributed by atoms with van der Waals surface area (Å²) in [7, 11) is -3.83. The van der Waals surface area contributed by atoms with E-state index in [4.69, 9.17) is 0 Å². The molecule has 0 aromatic heterocycles. The number of nitrogens with zero attached hydrogens (tertiary/aromatic N) is 2. The molecular weight excluding hydrogens is 380 g/mol. The number of benzene rings is 1. The predicted octanol–water partition coefficient (Wildman–Crippen LogP) is 3.35. The molecule has 1 saturated heterocycles. The Labute approximate surface area is 167 Å². The van der Waals surface area contributed by atoms with Crippen LogP contribution in [0, 0.1) is 10.1 Å². The fourth-order valence-electron chi connectivity index (χ4n) is 3.44. The van der Waals surface area contributed by atoms with Gasteiger partial charge in [-0.1, -0.05) is 6.42 Å². The molecule has 1 aliphatic heterocycles. The van der Waals surface area contributed by atoms with E-state index in [-0.39, 0.29) is 10.6 Å². The minimum absolute atomic E-state index is 0.109. The molecule has 0 aliphatic carbocycles. The minimum atomic E-state index is -3.83. The van der Waals surface area contributed by atoms with E-state index in [1.165, 1.54) is 31.4 Å². The predicted molar refractivity (Wildman–Crippen MR) is 111 cm³/mol. The van der Waals surface area contributed by atoms with Crippen molar-refractivity contribution in [2.45, 2.75) is 69.9 Å². The normalized spacial score (nSPS) is 18.8. The number of rotatable bonds is 8. The molecule has 0 amide bonds. The van der Waals surface area contributed by atoms with E-state index in [0.717, 1.165) is 25.6 Å². The van der Waals surface area contributed by atoms with Crippen molar-refractivity contribution in [3.05, 3.63) is 28.3 Å². The molecule has 28 heavy (non-hydrogen) atoms. The first-order valence-electron chi connectivity index (χ1n) is 9.80. The highest BCUT2D eigenvalue weighted by atomic mass is 32.2. The maximum atomic E-state index is 12.4. The molecule has 8 nitrogen and oxygen atoms in total. The van der Waals surface area contributed by atoms with Crippen LogP contribution in [-0.4, -0.2) is 49.5 Å². The van der Waals surface area contributed by atoms with Crippen LogP contribution in [0.5, 0.6) is 0 Å². The van der Waals surface area contributed by atoms with Crippen LogP contribution in [0.2, 0.25) is 0 Å². The summed E-state index contributed by atoms with van der Waals surface area (Å²) in [6.45, 7) is 10.0. The summed E-state index contributed by atoms with van der Waals surface area (Å²) in [4.78, 5) is 13.2. The van der Waals surface area contributed by atoms with Gasteiger partial charge in [0.1, 0.15) is 5.69 Å². The van der Waals surface area contributed by atoms with Crippen molar-refractivity contribution in [3.8, 4) is 0 Å². The zero-order valence-electron chi connectivity index (χ0n) is 17.2. The summed E-state index contributed by atoms with van der Waals surface area (Å²) >= 11 is 0. The second-order valence-corrected chi connectivity index (χ2v) is 10.1. The second-order valence-electron chi connectivity index (χ2n) is 8.45. The largest absolute Gasteiger partial charge is 0.379 e. The molecule has 1 unspecified atom stereocenters. The molecule has 1 atom stereocenters. The van der Waals surface area contributed by atoms with Crippen molar-refractivity contribution in [1.29, 1.82) is 0 Å². The van der Waals surface area contributed by atoms with Crippen molar-refractivity contribution in [3.63, 3.8) is 0 Å². The summed E-state index contributed by atoms with van der Waals surface area (Å²) in [5.41, 5.74) is -0.564. The van der Waals surface area contributed by atoms with Gasteiger partial charge in [-0.15, -0.1) is 0 Å². The van der Waals surface area contributed by atoms with Crippen molar-refractivity contribution in [2.75, 3.05) is 25.0 Å². The molecule has 158 valence electrons. The lowest BCUT2D eigenvalue weighted by Crippen LogP contribution is -2.40. The SMILES string of the molecule is CC1CCCCN1CCCNc1ccc(S(=O)(=O)NC(C)(C)C)cc1[N+](=O)[O-]. The third-order valence-electron chi connectivity index (χ3n) is 4.79. The lowest BCUT2D eigenvalue weighted by molar-refractivity contribution is -0.384. The van der Waals surface area contributed by atoms with Crippen LogP contribution in [0.4, 0.5) is 11.4 Å². The third-order valence-corrected chi connectivity index (χ3v) is 6.55. The highest BCUT2D eigenvalue weighted by Gasteiger charge is 2.25. The van der Waals surface area contributed by atoms with Gasteiger partial charge in [-0.2, -0.15) is 0 Å². The van der Waals surface area contributed by atoms with Gasteiger partial charge in [0.25, 0.3) is 5.69 Å². The van der Waals surface area contributed by atoms with E-state index in [1.807, 2.05) is 0 Å². The van der Waals surface area contributed by atoms with Crippen LogP contribution in [-0.2, 0) is 10.0 Å². The molecule has 1 fully saturated rings. The number of piperidine rings is 1. The van der Waals surface area contributed by atoms with Gasteiger partial charge < -0.3 is 10.2 Å². The van der Waals surface area contributed by atoms with Crippen LogP contribution < -0.4 is 10.0 Å². The van der Waals surface area contributed by atoms with Gasteiger partial charge in [0.15, 0.2) is 0 Å². The molecule has 1 aromatic carbocycles. The Morgan fingerprint density at radius 3 is 2.61 bits per heavy atom. The number of hydrogen-bond donors (Lipinski definition) is 2. The van der Waals surface area contributed by atoms with Gasteiger partial charge in [-0.25, -0.2) is 13.1 Å². The average molecular weight is 413 g/mol. The molecule has 9 heteroatoms. The number of nitro groups is 1. The highest BCUT2D eigenvalue weighted by molar-refractivity contribution is 7.89. The number of likely N-dealkylation sites (tertiary alicyclic amines) is 1. The fraction of sp³-hybridized carbons (Fsp3) is 0.684. The molecule has 0 saturated carbocycles. The molecule has 0 radical (unpaired) electrons. The van der Waals surface area contributed by atoms with E-state index in [0.29, 0.717) is 18.3 Å². The molecule has 2 rings (SSSR count). The summed E-state index contributed by atoms with van der Waals surface area (Å²) < 4.78 is 27.4. The number of nitro benzene ring substituents is 1. The number of hydrogen-bond acceptors (Lipinski definition) is 6. The Morgan fingerprint density at radius 2 is 2.00 bits per heavy atom. The van der Waals surface area contributed by atoms with Gasteiger partial charge in [0.2, 0.25) is 10.0 Å². The third kappa shape index (κ3) is 6.42.